The number of rotatable bonds is 3. The minimum atomic E-state index is -1.81. The number of para-hydroxylation sites is 1. The fraction of sp³-hybridized carbons (Fsp3) is 0.160. The fourth-order valence-electron chi connectivity index (χ4n) is 4.47. The van der Waals surface area contributed by atoms with Gasteiger partial charge in [0.1, 0.15) is 0 Å². The number of aliphatic hydroxyl groups is 1. The molecule has 0 saturated heterocycles. The zero-order valence-electron chi connectivity index (χ0n) is 16.7. The highest BCUT2D eigenvalue weighted by molar-refractivity contribution is 6.31. The monoisotopic (exact) mass is 416 g/mol. The zero-order valence-corrected chi connectivity index (χ0v) is 17.5. The average molecular weight is 417 g/mol. The summed E-state index contributed by atoms with van der Waals surface area (Å²) in [5.74, 6) is -0.367. The number of halogens is 1. The molecular weight excluding hydrogens is 396 g/mol. The Balaban J connectivity index is 1.71. The number of hydrogen-bond acceptors (Lipinski definition) is 2. The van der Waals surface area contributed by atoms with Crippen LogP contribution in [0.1, 0.15) is 27.9 Å². The molecule has 0 unspecified atom stereocenters. The van der Waals surface area contributed by atoms with Crippen molar-refractivity contribution in [3.63, 3.8) is 0 Å². The number of benzene rings is 3. The van der Waals surface area contributed by atoms with Gasteiger partial charge < -0.3 is 15.0 Å². The van der Waals surface area contributed by atoms with Gasteiger partial charge in [-0.1, -0.05) is 59.6 Å². The molecule has 1 aliphatic heterocycles. The summed E-state index contributed by atoms with van der Waals surface area (Å²) in [6.45, 7) is 4.28. The van der Waals surface area contributed by atoms with Crippen LogP contribution < -0.4 is 4.90 Å². The summed E-state index contributed by atoms with van der Waals surface area (Å²) in [7, 11) is 0. The first-order valence-electron chi connectivity index (χ1n) is 9.87. The number of aromatic amines is 1. The minimum Gasteiger partial charge on any atom is -0.372 e. The van der Waals surface area contributed by atoms with Gasteiger partial charge in [0, 0.05) is 32.7 Å². The quantitative estimate of drug-likeness (QED) is 0.481. The number of hydrogen-bond donors (Lipinski definition) is 2. The first-order chi connectivity index (χ1) is 14.4. The molecule has 4 aromatic rings. The Morgan fingerprint density at radius 3 is 2.53 bits per heavy atom. The maximum absolute atomic E-state index is 13.8. The molecule has 2 heterocycles. The molecule has 5 heteroatoms. The molecular formula is C25H21ClN2O2. The van der Waals surface area contributed by atoms with Crippen LogP contribution in [-0.2, 0) is 16.9 Å². The van der Waals surface area contributed by atoms with Crippen molar-refractivity contribution in [3.8, 4) is 0 Å². The summed E-state index contributed by atoms with van der Waals surface area (Å²) in [5, 5.41) is 13.3. The third kappa shape index (κ3) is 2.68. The summed E-state index contributed by atoms with van der Waals surface area (Å²) >= 11 is 6.29. The average Bonchev–Trinajstić information content (AvgIpc) is 3.17. The number of aryl methyl sites for hydroxylation is 2. The highest BCUT2D eigenvalue weighted by Gasteiger charge is 2.53. The van der Waals surface area contributed by atoms with Crippen LogP contribution in [0.2, 0.25) is 5.02 Å². The first kappa shape index (κ1) is 18.9. The second-order valence-corrected chi connectivity index (χ2v) is 8.36. The van der Waals surface area contributed by atoms with Gasteiger partial charge in [-0.05, 0) is 43.7 Å². The predicted molar refractivity (Wildman–Crippen MR) is 120 cm³/mol. The van der Waals surface area contributed by atoms with Gasteiger partial charge >= 0.3 is 0 Å². The second kappa shape index (κ2) is 6.73. The van der Waals surface area contributed by atoms with Crippen LogP contribution in [0.15, 0.2) is 66.7 Å². The van der Waals surface area contributed by atoms with Gasteiger partial charge in [-0.3, -0.25) is 4.79 Å². The van der Waals surface area contributed by atoms with Gasteiger partial charge in [0.2, 0.25) is 0 Å². The van der Waals surface area contributed by atoms with E-state index in [4.69, 9.17) is 11.6 Å². The van der Waals surface area contributed by atoms with Crippen LogP contribution in [-0.4, -0.2) is 16.0 Å². The normalized spacial score (nSPS) is 18.3. The fourth-order valence-corrected chi connectivity index (χ4v) is 4.64. The lowest BCUT2D eigenvalue weighted by atomic mass is 9.85. The van der Waals surface area contributed by atoms with E-state index in [1.54, 1.807) is 17.0 Å². The highest BCUT2D eigenvalue weighted by atomic mass is 35.5. The largest absolute Gasteiger partial charge is 0.372 e. The molecule has 0 bridgehead atoms. The van der Waals surface area contributed by atoms with Crippen molar-refractivity contribution in [2.45, 2.75) is 26.0 Å². The van der Waals surface area contributed by atoms with E-state index >= 15 is 0 Å². The van der Waals surface area contributed by atoms with Crippen molar-refractivity contribution in [3.05, 3.63) is 99.7 Å². The minimum absolute atomic E-state index is 0.367. The number of anilines is 1. The Bertz CT molecular complexity index is 1290. The van der Waals surface area contributed by atoms with E-state index in [0.717, 1.165) is 27.7 Å². The number of carbonyl (C=O) groups excluding carboxylic acids is 1. The van der Waals surface area contributed by atoms with Crippen molar-refractivity contribution in [1.82, 2.24) is 4.98 Å². The van der Waals surface area contributed by atoms with Crippen molar-refractivity contribution < 1.29 is 9.90 Å². The molecule has 0 spiro atoms. The van der Waals surface area contributed by atoms with Gasteiger partial charge in [-0.2, -0.15) is 0 Å². The lowest BCUT2D eigenvalue weighted by Gasteiger charge is -2.24. The molecule has 3 aromatic carbocycles. The Labute approximate surface area is 179 Å². The summed E-state index contributed by atoms with van der Waals surface area (Å²) in [4.78, 5) is 18.7. The number of fused-ring (bicyclic) bond motifs is 2. The number of amides is 1. The highest BCUT2D eigenvalue weighted by Crippen LogP contribution is 2.48. The maximum atomic E-state index is 13.8. The molecule has 1 aromatic heterocycles. The summed E-state index contributed by atoms with van der Waals surface area (Å²) in [5.41, 5.74) is 3.76. The Hall–Kier alpha value is -3.08. The third-order valence-corrected chi connectivity index (χ3v) is 6.15. The van der Waals surface area contributed by atoms with Crippen LogP contribution in [0.4, 0.5) is 5.69 Å². The third-order valence-electron chi connectivity index (χ3n) is 5.91. The van der Waals surface area contributed by atoms with Crippen molar-refractivity contribution in [2.24, 2.45) is 0 Å². The molecule has 0 aliphatic carbocycles. The Morgan fingerprint density at radius 1 is 1.03 bits per heavy atom. The van der Waals surface area contributed by atoms with Crippen LogP contribution in [0.25, 0.3) is 10.9 Å². The summed E-state index contributed by atoms with van der Waals surface area (Å²) in [6, 6.07) is 21.0. The lowest BCUT2D eigenvalue weighted by Crippen LogP contribution is -2.41. The van der Waals surface area contributed by atoms with Crippen molar-refractivity contribution >= 4 is 34.1 Å². The summed E-state index contributed by atoms with van der Waals surface area (Å²) < 4.78 is 0. The molecule has 150 valence electrons. The molecule has 30 heavy (non-hydrogen) atoms. The zero-order chi connectivity index (χ0) is 21.0. The number of aromatic nitrogens is 1. The van der Waals surface area contributed by atoms with Crippen molar-refractivity contribution in [2.75, 3.05) is 4.90 Å². The number of nitrogens with one attached hydrogen (secondary N) is 1. The van der Waals surface area contributed by atoms with Gasteiger partial charge in [-0.25, -0.2) is 0 Å². The van der Waals surface area contributed by atoms with E-state index in [9.17, 15) is 9.90 Å². The van der Waals surface area contributed by atoms with E-state index in [-0.39, 0.29) is 5.91 Å². The van der Waals surface area contributed by atoms with E-state index in [0.29, 0.717) is 28.4 Å². The van der Waals surface area contributed by atoms with E-state index < -0.39 is 5.60 Å². The number of carbonyl (C=O) groups is 1. The molecule has 4 nitrogen and oxygen atoms in total. The molecule has 2 N–H and O–H groups in total. The molecule has 1 aliphatic rings. The second-order valence-electron chi connectivity index (χ2n) is 7.92. The number of nitrogens with zero attached hydrogens (tertiary/aromatic N) is 1. The Kier molecular flexibility index (Phi) is 4.24. The molecule has 1 amide bonds. The molecule has 0 radical (unpaired) electrons. The maximum Gasteiger partial charge on any atom is 0.268 e. The van der Waals surface area contributed by atoms with Crippen LogP contribution in [0, 0.1) is 13.8 Å². The lowest BCUT2D eigenvalue weighted by molar-refractivity contribution is -0.132. The summed E-state index contributed by atoms with van der Waals surface area (Å²) in [6.07, 6.45) is 0. The SMILES string of the molecule is Cc1ccc(CN2C(=O)[C@](O)(c3c(C)[nH]c4ccccc34)c3cc(Cl)ccc32)cc1. The standard InChI is InChI=1S/C25H21ClN2O2/c1-15-7-9-17(10-8-15)14-28-22-12-11-18(26)13-20(22)25(30,24(28)29)23-16(2)27-21-6-4-3-5-19(21)23/h3-13,27,30H,14H2,1-2H3/t25-/m1/s1. The van der Waals surface area contributed by atoms with Crippen molar-refractivity contribution in [1.29, 1.82) is 0 Å². The molecule has 0 fully saturated rings. The van der Waals surface area contributed by atoms with Crippen LogP contribution in [0.3, 0.4) is 0 Å². The first-order valence-corrected chi connectivity index (χ1v) is 10.2. The molecule has 1 atom stereocenters. The topological polar surface area (TPSA) is 56.3 Å². The predicted octanol–water partition coefficient (Wildman–Crippen LogP) is 5.22. The van der Waals surface area contributed by atoms with E-state index in [1.807, 2.05) is 68.4 Å². The molecule has 5 rings (SSSR count). The van der Waals surface area contributed by atoms with E-state index in [1.165, 1.54) is 0 Å². The van der Waals surface area contributed by atoms with Crippen LogP contribution >= 0.6 is 11.6 Å². The number of H-pyrrole nitrogens is 1. The van der Waals surface area contributed by atoms with E-state index in [2.05, 4.69) is 4.98 Å². The van der Waals surface area contributed by atoms with Gasteiger partial charge in [0.25, 0.3) is 5.91 Å². The van der Waals surface area contributed by atoms with Gasteiger partial charge in [-0.15, -0.1) is 0 Å². The smallest absolute Gasteiger partial charge is 0.268 e. The van der Waals surface area contributed by atoms with Crippen LogP contribution in [0.5, 0.6) is 0 Å². The van der Waals surface area contributed by atoms with Gasteiger partial charge in [0.15, 0.2) is 5.60 Å². The van der Waals surface area contributed by atoms with Gasteiger partial charge in [0.05, 0.1) is 12.2 Å². The molecule has 0 saturated carbocycles. The Morgan fingerprint density at radius 2 is 1.77 bits per heavy atom.